The quantitative estimate of drug-likeness (QED) is 0.728. The van der Waals surface area contributed by atoms with E-state index in [1.165, 1.54) is 5.56 Å². The van der Waals surface area contributed by atoms with Gasteiger partial charge in [0.2, 0.25) is 0 Å². The molecule has 1 heterocycles. The first-order valence-electron chi connectivity index (χ1n) is 6.65. The maximum atomic E-state index is 4.34. The molecule has 0 saturated heterocycles. The van der Waals surface area contributed by atoms with Crippen molar-refractivity contribution in [1.82, 2.24) is 9.97 Å². The highest BCUT2D eigenvalue weighted by Crippen LogP contribution is 2.21. The number of aromatic nitrogens is 2. The summed E-state index contributed by atoms with van der Waals surface area (Å²) in [5.41, 5.74) is 1.22. The van der Waals surface area contributed by atoms with Crippen LogP contribution in [0.1, 0.15) is 45.6 Å². The smallest absolute Gasteiger partial charge is 0.134 e. The minimum absolute atomic E-state index is 0.959. The third-order valence-corrected chi connectivity index (χ3v) is 2.53. The van der Waals surface area contributed by atoms with Crippen molar-refractivity contribution in [1.29, 1.82) is 0 Å². The lowest BCUT2D eigenvalue weighted by molar-refractivity contribution is 0.880. The van der Waals surface area contributed by atoms with E-state index in [-0.39, 0.29) is 0 Å². The summed E-state index contributed by atoms with van der Waals surface area (Å²) in [6.07, 6.45) is 5.96. The summed E-state index contributed by atoms with van der Waals surface area (Å²) in [7, 11) is 0. The number of rotatable bonds is 8. The molecule has 1 aromatic rings. The molecular weight excluding hydrogens is 212 g/mol. The molecule has 4 heteroatoms. The van der Waals surface area contributed by atoms with Crippen molar-refractivity contribution < 1.29 is 0 Å². The minimum atomic E-state index is 0.959. The molecule has 0 amide bonds. The van der Waals surface area contributed by atoms with Gasteiger partial charge in [-0.1, -0.05) is 27.2 Å². The van der Waals surface area contributed by atoms with Gasteiger partial charge in [-0.15, -0.1) is 0 Å². The average molecular weight is 236 g/mol. The van der Waals surface area contributed by atoms with Crippen molar-refractivity contribution in [3.8, 4) is 0 Å². The number of hydrogen-bond acceptors (Lipinski definition) is 4. The Hall–Kier alpha value is -1.32. The van der Waals surface area contributed by atoms with Crippen LogP contribution in [0.4, 0.5) is 11.6 Å². The van der Waals surface area contributed by atoms with Gasteiger partial charge in [-0.25, -0.2) is 9.97 Å². The molecule has 0 aliphatic heterocycles. The van der Waals surface area contributed by atoms with Crippen LogP contribution in [0, 0.1) is 0 Å². The fraction of sp³-hybridized carbons (Fsp3) is 0.692. The molecular formula is C13H24N4. The Balaban J connectivity index is 2.86. The number of nitrogens with one attached hydrogen (secondary N) is 2. The van der Waals surface area contributed by atoms with E-state index in [2.05, 4.69) is 41.4 Å². The van der Waals surface area contributed by atoms with Gasteiger partial charge in [-0.2, -0.15) is 0 Å². The molecule has 1 rings (SSSR count). The van der Waals surface area contributed by atoms with Crippen LogP contribution in [-0.2, 0) is 6.42 Å². The van der Waals surface area contributed by atoms with Gasteiger partial charge in [0.1, 0.15) is 18.0 Å². The topological polar surface area (TPSA) is 49.8 Å². The van der Waals surface area contributed by atoms with Crippen LogP contribution < -0.4 is 10.6 Å². The predicted octanol–water partition coefficient (Wildman–Crippen LogP) is 3.07. The zero-order valence-corrected chi connectivity index (χ0v) is 11.2. The Morgan fingerprint density at radius 1 is 0.882 bits per heavy atom. The zero-order chi connectivity index (χ0) is 12.5. The Bertz CT molecular complexity index is 299. The molecule has 0 fully saturated rings. The molecule has 0 bridgehead atoms. The summed E-state index contributed by atoms with van der Waals surface area (Å²) >= 11 is 0. The third-order valence-electron chi connectivity index (χ3n) is 2.53. The van der Waals surface area contributed by atoms with Crippen LogP contribution in [-0.4, -0.2) is 23.1 Å². The molecule has 0 aliphatic rings. The minimum Gasteiger partial charge on any atom is -0.370 e. The van der Waals surface area contributed by atoms with Crippen molar-refractivity contribution in [3.63, 3.8) is 0 Å². The van der Waals surface area contributed by atoms with Crippen molar-refractivity contribution in [2.24, 2.45) is 0 Å². The second-order valence-corrected chi connectivity index (χ2v) is 4.15. The van der Waals surface area contributed by atoms with Crippen molar-refractivity contribution in [2.45, 2.75) is 46.5 Å². The summed E-state index contributed by atoms with van der Waals surface area (Å²) in [4.78, 5) is 8.68. The second kappa shape index (κ2) is 7.87. The molecule has 0 aromatic carbocycles. The molecule has 1 aromatic heterocycles. The lowest BCUT2D eigenvalue weighted by atomic mass is 10.1. The standard InChI is InChI=1S/C13H24N4/c1-4-7-11-12(14-8-5-2)16-10-17-13(11)15-9-6-3/h10H,4-9H2,1-3H3,(H2,14,15,16,17). The third kappa shape index (κ3) is 4.21. The van der Waals surface area contributed by atoms with Crippen LogP contribution in [0.5, 0.6) is 0 Å². The van der Waals surface area contributed by atoms with Crippen molar-refractivity contribution in [3.05, 3.63) is 11.9 Å². The van der Waals surface area contributed by atoms with E-state index in [9.17, 15) is 0 Å². The lowest BCUT2D eigenvalue weighted by Crippen LogP contribution is -2.11. The van der Waals surface area contributed by atoms with Crippen LogP contribution in [0.3, 0.4) is 0 Å². The lowest BCUT2D eigenvalue weighted by Gasteiger charge is -2.14. The molecule has 0 radical (unpaired) electrons. The summed E-state index contributed by atoms with van der Waals surface area (Å²) in [5.74, 6) is 1.98. The van der Waals surface area contributed by atoms with E-state index in [0.717, 1.165) is 50.4 Å². The molecule has 0 aliphatic carbocycles. The van der Waals surface area contributed by atoms with Gasteiger partial charge in [-0.05, 0) is 19.3 Å². The Morgan fingerprint density at radius 2 is 1.41 bits per heavy atom. The van der Waals surface area contributed by atoms with Crippen LogP contribution in [0.2, 0.25) is 0 Å². The fourth-order valence-electron chi connectivity index (χ4n) is 1.69. The van der Waals surface area contributed by atoms with Crippen LogP contribution >= 0.6 is 0 Å². The van der Waals surface area contributed by atoms with Gasteiger partial charge in [0.05, 0.1) is 0 Å². The first-order valence-corrected chi connectivity index (χ1v) is 6.65. The van der Waals surface area contributed by atoms with E-state index in [1.807, 2.05) is 0 Å². The van der Waals surface area contributed by atoms with E-state index in [0.29, 0.717) is 0 Å². The Morgan fingerprint density at radius 3 is 1.82 bits per heavy atom. The molecule has 4 nitrogen and oxygen atoms in total. The number of hydrogen-bond donors (Lipinski definition) is 2. The average Bonchev–Trinajstić information content (AvgIpc) is 2.36. The van der Waals surface area contributed by atoms with E-state index >= 15 is 0 Å². The first-order chi connectivity index (χ1) is 8.33. The molecule has 96 valence electrons. The maximum absolute atomic E-state index is 4.34. The molecule has 17 heavy (non-hydrogen) atoms. The van der Waals surface area contributed by atoms with Gasteiger partial charge >= 0.3 is 0 Å². The first kappa shape index (κ1) is 13.7. The Kier molecular flexibility index (Phi) is 6.37. The summed E-state index contributed by atoms with van der Waals surface area (Å²) < 4.78 is 0. The van der Waals surface area contributed by atoms with Crippen LogP contribution in [0.15, 0.2) is 6.33 Å². The Labute approximate surface area is 104 Å². The molecule has 0 atom stereocenters. The SMILES string of the molecule is CCCNc1ncnc(NCCC)c1CCC. The highest BCUT2D eigenvalue weighted by atomic mass is 15.1. The number of anilines is 2. The van der Waals surface area contributed by atoms with Gasteiger partial charge in [0, 0.05) is 18.7 Å². The summed E-state index contributed by atoms with van der Waals surface area (Å²) in [5, 5.41) is 6.75. The van der Waals surface area contributed by atoms with Gasteiger partial charge in [0.15, 0.2) is 0 Å². The fourth-order valence-corrected chi connectivity index (χ4v) is 1.69. The normalized spacial score (nSPS) is 10.3. The highest BCUT2D eigenvalue weighted by molar-refractivity contribution is 5.57. The predicted molar refractivity (Wildman–Crippen MR) is 73.6 cm³/mol. The summed E-state index contributed by atoms with van der Waals surface area (Å²) in [6.45, 7) is 8.41. The number of nitrogens with zero attached hydrogens (tertiary/aromatic N) is 2. The highest BCUT2D eigenvalue weighted by Gasteiger charge is 2.09. The molecule has 2 N–H and O–H groups in total. The maximum Gasteiger partial charge on any atom is 0.134 e. The van der Waals surface area contributed by atoms with Gasteiger partial charge in [-0.3, -0.25) is 0 Å². The zero-order valence-electron chi connectivity index (χ0n) is 11.2. The second-order valence-electron chi connectivity index (χ2n) is 4.15. The monoisotopic (exact) mass is 236 g/mol. The van der Waals surface area contributed by atoms with E-state index in [4.69, 9.17) is 0 Å². The van der Waals surface area contributed by atoms with Crippen LogP contribution in [0.25, 0.3) is 0 Å². The molecule has 0 spiro atoms. The molecule has 0 saturated carbocycles. The van der Waals surface area contributed by atoms with Crippen molar-refractivity contribution >= 4 is 11.6 Å². The van der Waals surface area contributed by atoms with E-state index in [1.54, 1.807) is 6.33 Å². The largest absolute Gasteiger partial charge is 0.370 e. The van der Waals surface area contributed by atoms with E-state index < -0.39 is 0 Å². The van der Waals surface area contributed by atoms with Gasteiger partial charge in [0.25, 0.3) is 0 Å². The van der Waals surface area contributed by atoms with Crippen molar-refractivity contribution in [2.75, 3.05) is 23.7 Å². The summed E-state index contributed by atoms with van der Waals surface area (Å²) in [6, 6.07) is 0. The van der Waals surface area contributed by atoms with Gasteiger partial charge < -0.3 is 10.6 Å². The molecule has 0 unspecified atom stereocenters.